The Hall–Kier alpha value is -0.0900. The summed E-state index contributed by atoms with van der Waals surface area (Å²) in [6, 6.07) is 0.514. The zero-order valence-corrected chi connectivity index (χ0v) is 12.4. The van der Waals surface area contributed by atoms with Crippen LogP contribution in [0.15, 0.2) is 0 Å². The third-order valence-electron chi connectivity index (χ3n) is 3.94. The van der Waals surface area contributed by atoms with Crippen LogP contribution in [0.3, 0.4) is 0 Å². The summed E-state index contributed by atoms with van der Waals surface area (Å²) in [5.41, 5.74) is 0.294. The molecule has 1 saturated carbocycles. The molecule has 0 amide bonds. The SMILES string of the molecule is CCS(=O)(=O)CC(C)NC1CCCCC1(C)C. The lowest BCUT2D eigenvalue weighted by Crippen LogP contribution is -2.49. The molecule has 1 N–H and O–H groups in total. The van der Waals surface area contributed by atoms with E-state index in [1.807, 2.05) is 6.92 Å². The minimum absolute atomic E-state index is 0.0577. The maximum Gasteiger partial charge on any atom is 0.151 e. The Bertz CT molecular complexity index is 335. The Morgan fingerprint density at radius 3 is 2.53 bits per heavy atom. The van der Waals surface area contributed by atoms with Crippen LogP contribution in [0.5, 0.6) is 0 Å². The highest BCUT2D eigenvalue weighted by atomic mass is 32.2. The van der Waals surface area contributed by atoms with Crippen molar-refractivity contribution in [3.8, 4) is 0 Å². The third-order valence-corrected chi connectivity index (χ3v) is 5.82. The van der Waals surface area contributed by atoms with Gasteiger partial charge in [0, 0.05) is 17.8 Å². The average Bonchev–Trinajstić information content (AvgIpc) is 2.20. The standard InChI is InChI=1S/C13H27NO2S/c1-5-17(15,16)10-11(2)14-12-8-6-7-9-13(12,3)4/h11-12,14H,5-10H2,1-4H3. The number of hydrogen-bond acceptors (Lipinski definition) is 3. The molecule has 0 radical (unpaired) electrons. The molecule has 3 nitrogen and oxygen atoms in total. The monoisotopic (exact) mass is 261 g/mol. The van der Waals surface area contributed by atoms with Crippen LogP contribution in [-0.2, 0) is 9.84 Å². The van der Waals surface area contributed by atoms with Crippen molar-refractivity contribution in [2.24, 2.45) is 5.41 Å². The van der Waals surface area contributed by atoms with E-state index in [-0.39, 0.29) is 17.5 Å². The second-order valence-corrected chi connectivity index (χ2v) is 8.45. The van der Waals surface area contributed by atoms with E-state index >= 15 is 0 Å². The van der Waals surface area contributed by atoms with Gasteiger partial charge in [0.2, 0.25) is 0 Å². The van der Waals surface area contributed by atoms with Crippen LogP contribution in [0, 0.1) is 5.41 Å². The van der Waals surface area contributed by atoms with Gasteiger partial charge in [-0.2, -0.15) is 0 Å². The normalized spacial score (nSPS) is 26.7. The minimum atomic E-state index is -2.87. The zero-order valence-electron chi connectivity index (χ0n) is 11.6. The summed E-state index contributed by atoms with van der Waals surface area (Å²) in [4.78, 5) is 0. The number of sulfone groups is 1. The highest BCUT2D eigenvalue weighted by Crippen LogP contribution is 2.35. The number of nitrogens with one attached hydrogen (secondary N) is 1. The Labute approximate surface area is 106 Å². The van der Waals surface area contributed by atoms with Gasteiger partial charge < -0.3 is 5.32 Å². The first-order chi connectivity index (χ1) is 7.77. The molecule has 0 aliphatic heterocycles. The van der Waals surface area contributed by atoms with Gasteiger partial charge in [-0.3, -0.25) is 0 Å². The molecule has 1 aliphatic carbocycles. The summed E-state index contributed by atoms with van der Waals surface area (Å²) in [6.45, 7) is 8.26. The predicted molar refractivity (Wildman–Crippen MR) is 73.0 cm³/mol. The van der Waals surface area contributed by atoms with E-state index in [0.29, 0.717) is 11.5 Å². The maximum absolute atomic E-state index is 11.6. The van der Waals surface area contributed by atoms with Crippen LogP contribution in [0.25, 0.3) is 0 Å². The molecule has 1 rings (SSSR count). The van der Waals surface area contributed by atoms with E-state index < -0.39 is 9.84 Å². The Kier molecular flexibility index (Phi) is 5.02. The molecule has 0 spiro atoms. The molecule has 0 heterocycles. The molecule has 17 heavy (non-hydrogen) atoms. The largest absolute Gasteiger partial charge is 0.310 e. The van der Waals surface area contributed by atoms with E-state index in [1.54, 1.807) is 6.92 Å². The van der Waals surface area contributed by atoms with Gasteiger partial charge in [-0.25, -0.2) is 8.42 Å². The van der Waals surface area contributed by atoms with Gasteiger partial charge in [-0.05, 0) is 25.2 Å². The van der Waals surface area contributed by atoms with Crippen molar-refractivity contribution in [2.45, 2.75) is 65.5 Å². The smallest absolute Gasteiger partial charge is 0.151 e. The number of rotatable bonds is 5. The summed E-state index contributed by atoms with van der Waals surface area (Å²) in [5, 5.41) is 3.52. The molecule has 0 aromatic heterocycles. The van der Waals surface area contributed by atoms with Gasteiger partial charge >= 0.3 is 0 Å². The van der Waals surface area contributed by atoms with Crippen molar-refractivity contribution in [3.63, 3.8) is 0 Å². The highest BCUT2D eigenvalue weighted by molar-refractivity contribution is 7.91. The molecule has 4 heteroatoms. The van der Waals surface area contributed by atoms with Crippen LogP contribution >= 0.6 is 0 Å². The van der Waals surface area contributed by atoms with Crippen LogP contribution in [-0.4, -0.2) is 32.0 Å². The second kappa shape index (κ2) is 5.70. The zero-order chi connectivity index (χ0) is 13.1. The molecular formula is C13H27NO2S. The van der Waals surface area contributed by atoms with E-state index in [4.69, 9.17) is 0 Å². The lowest BCUT2D eigenvalue weighted by atomic mass is 9.73. The Morgan fingerprint density at radius 1 is 1.35 bits per heavy atom. The molecule has 0 aromatic rings. The van der Waals surface area contributed by atoms with Crippen molar-refractivity contribution < 1.29 is 8.42 Å². The topological polar surface area (TPSA) is 46.2 Å². The lowest BCUT2D eigenvalue weighted by molar-refractivity contribution is 0.160. The Balaban J connectivity index is 2.53. The highest BCUT2D eigenvalue weighted by Gasteiger charge is 2.33. The van der Waals surface area contributed by atoms with Crippen LogP contribution < -0.4 is 5.32 Å². The predicted octanol–water partition coefficient (Wildman–Crippen LogP) is 2.37. The van der Waals surface area contributed by atoms with E-state index in [9.17, 15) is 8.42 Å². The fourth-order valence-corrected chi connectivity index (χ4v) is 3.79. The summed E-state index contributed by atoms with van der Waals surface area (Å²) in [7, 11) is -2.87. The van der Waals surface area contributed by atoms with E-state index in [2.05, 4.69) is 19.2 Å². The van der Waals surface area contributed by atoms with Gasteiger partial charge in [0.25, 0.3) is 0 Å². The molecule has 102 valence electrons. The average molecular weight is 261 g/mol. The molecule has 0 aromatic carbocycles. The van der Waals surface area contributed by atoms with Crippen LogP contribution in [0.1, 0.15) is 53.4 Å². The van der Waals surface area contributed by atoms with E-state index in [1.165, 1.54) is 25.7 Å². The first-order valence-electron chi connectivity index (χ1n) is 6.73. The first kappa shape index (κ1) is 15.0. The second-order valence-electron chi connectivity index (χ2n) is 6.05. The quantitative estimate of drug-likeness (QED) is 0.826. The van der Waals surface area contributed by atoms with Gasteiger partial charge in [0.05, 0.1) is 5.75 Å². The molecular weight excluding hydrogens is 234 g/mol. The van der Waals surface area contributed by atoms with Crippen molar-refractivity contribution in [1.82, 2.24) is 5.32 Å². The summed E-state index contributed by atoms with van der Waals surface area (Å²) in [5.74, 6) is 0.503. The molecule has 1 fully saturated rings. The van der Waals surface area contributed by atoms with Crippen molar-refractivity contribution in [3.05, 3.63) is 0 Å². The fourth-order valence-electron chi connectivity index (χ4n) is 2.69. The first-order valence-corrected chi connectivity index (χ1v) is 8.55. The van der Waals surface area contributed by atoms with Gasteiger partial charge in [-0.15, -0.1) is 0 Å². The molecule has 2 atom stereocenters. The molecule has 0 saturated heterocycles. The van der Waals surface area contributed by atoms with Crippen molar-refractivity contribution in [2.75, 3.05) is 11.5 Å². The Morgan fingerprint density at radius 2 is 2.00 bits per heavy atom. The van der Waals surface area contributed by atoms with E-state index in [0.717, 1.165) is 0 Å². The van der Waals surface area contributed by atoms with Crippen LogP contribution in [0.2, 0.25) is 0 Å². The molecule has 0 bridgehead atoms. The lowest BCUT2D eigenvalue weighted by Gasteiger charge is -2.40. The third kappa shape index (κ3) is 4.59. The van der Waals surface area contributed by atoms with Crippen molar-refractivity contribution in [1.29, 1.82) is 0 Å². The van der Waals surface area contributed by atoms with Gasteiger partial charge in [-0.1, -0.05) is 33.6 Å². The molecule has 1 aliphatic rings. The van der Waals surface area contributed by atoms with Crippen LogP contribution in [0.4, 0.5) is 0 Å². The fraction of sp³-hybridized carbons (Fsp3) is 1.00. The molecule has 2 unspecified atom stereocenters. The minimum Gasteiger partial charge on any atom is -0.310 e. The number of hydrogen-bond donors (Lipinski definition) is 1. The van der Waals surface area contributed by atoms with Gasteiger partial charge in [0.15, 0.2) is 9.84 Å². The summed E-state index contributed by atoms with van der Waals surface area (Å²) >= 11 is 0. The van der Waals surface area contributed by atoms with Gasteiger partial charge in [0.1, 0.15) is 0 Å². The summed E-state index contributed by atoms with van der Waals surface area (Å²) < 4.78 is 23.1. The maximum atomic E-state index is 11.6. The summed E-state index contributed by atoms with van der Waals surface area (Å²) in [6.07, 6.45) is 4.96. The van der Waals surface area contributed by atoms with Crippen molar-refractivity contribution >= 4 is 9.84 Å².